The zero-order valence-electron chi connectivity index (χ0n) is 11.0. The maximum absolute atomic E-state index is 11.7. The lowest BCUT2D eigenvalue weighted by atomic mass is 9.66. The largest absolute Gasteiger partial charge is 0.396 e. The van der Waals surface area contributed by atoms with Gasteiger partial charge < -0.3 is 5.11 Å². The summed E-state index contributed by atoms with van der Waals surface area (Å²) in [7, 11) is 0. The second-order valence-electron chi connectivity index (χ2n) is 5.92. The van der Waals surface area contributed by atoms with Gasteiger partial charge in [0, 0.05) is 12.0 Å². The summed E-state index contributed by atoms with van der Waals surface area (Å²) in [5.41, 5.74) is 1.17. The molecule has 0 amide bonds. The Labute approximate surface area is 98.7 Å². The minimum Gasteiger partial charge on any atom is -0.396 e. The van der Waals surface area contributed by atoms with Gasteiger partial charge in [0.25, 0.3) is 0 Å². The quantitative estimate of drug-likeness (QED) is 0.745. The Morgan fingerprint density at radius 1 is 1.56 bits per heavy atom. The Kier molecular flexibility index (Phi) is 3.95. The molecule has 1 atom stereocenters. The Balaban J connectivity index is 2.85. The fourth-order valence-corrected chi connectivity index (χ4v) is 2.40. The number of carbonyl (C=O) groups is 1. The minimum absolute atomic E-state index is 0.0197. The smallest absolute Gasteiger partial charge is 0.136 e. The summed E-state index contributed by atoms with van der Waals surface area (Å²) >= 11 is 0. The van der Waals surface area contributed by atoms with Crippen LogP contribution in [0.4, 0.5) is 0 Å². The number of ketones is 1. The molecular weight excluding hydrogens is 200 g/mol. The first-order valence-corrected chi connectivity index (χ1v) is 6.13. The van der Waals surface area contributed by atoms with E-state index >= 15 is 0 Å². The molecule has 1 aliphatic carbocycles. The molecule has 16 heavy (non-hydrogen) atoms. The zero-order valence-corrected chi connectivity index (χ0v) is 11.0. The van der Waals surface area contributed by atoms with Crippen molar-refractivity contribution in [2.24, 2.45) is 10.8 Å². The topological polar surface area (TPSA) is 37.3 Å². The van der Waals surface area contributed by atoms with Crippen LogP contribution in [0.25, 0.3) is 0 Å². The van der Waals surface area contributed by atoms with Gasteiger partial charge in [0.15, 0.2) is 0 Å². The fraction of sp³-hybridized carbons (Fsp3) is 0.786. The van der Waals surface area contributed by atoms with E-state index in [4.69, 9.17) is 5.11 Å². The number of hydrogen-bond donors (Lipinski definition) is 1. The van der Waals surface area contributed by atoms with Crippen LogP contribution in [-0.4, -0.2) is 17.5 Å². The second kappa shape index (κ2) is 4.70. The first-order valence-electron chi connectivity index (χ1n) is 6.13. The zero-order chi connectivity index (χ0) is 12.4. The van der Waals surface area contributed by atoms with E-state index < -0.39 is 0 Å². The second-order valence-corrected chi connectivity index (χ2v) is 5.92. The molecule has 0 fully saturated rings. The van der Waals surface area contributed by atoms with Crippen LogP contribution in [0.5, 0.6) is 0 Å². The van der Waals surface area contributed by atoms with E-state index in [-0.39, 0.29) is 23.2 Å². The van der Waals surface area contributed by atoms with Crippen molar-refractivity contribution in [2.45, 2.75) is 53.4 Å². The molecule has 1 unspecified atom stereocenters. The average Bonchev–Trinajstić information content (AvgIpc) is 2.17. The summed E-state index contributed by atoms with van der Waals surface area (Å²) in [5, 5.41) is 9.08. The van der Waals surface area contributed by atoms with E-state index in [1.54, 1.807) is 6.92 Å². The van der Waals surface area contributed by atoms with Crippen LogP contribution < -0.4 is 0 Å². The van der Waals surface area contributed by atoms with E-state index in [1.807, 2.05) is 0 Å². The predicted molar refractivity (Wildman–Crippen MR) is 66.2 cm³/mol. The molecule has 0 saturated carbocycles. The van der Waals surface area contributed by atoms with Gasteiger partial charge in [-0.25, -0.2) is 0 Å². The van der Waals surface area contributed by atoms with Crippen LogP contribution in [0.1, 0.15) is 53.4 Å². The number of hydrogen-bond acceptors (Lipinski definition) is 2. The molecule has 0 aromatic carbocycles. The molecule has 0 aromatic heterocycles. The number of aliphatic hydroxyl groups excluding tert-OH is 1. The van der Waals surface area contributed by atoms with Crippen LogP contribution in [0.2, 0.25) is 0 Å². The third-order valence-electron chi connectivity index (χ3n) is 4.12. The third-order valence-corrected chi connectivity index (χ3v) is 4.12. The summed E-state index contributed by atoms with van der Waals surface area (Å²) in [5.74, 6) is 0.290. The van der Waals surface area contributed by atoms with E-state index in [0.29, 0.717) is 0 Å². The Hall–Kier alpha value is -0.630. The summed E-state index contributed by atoms with van der Waals surface area (Å²) in [6.07, 6.45) is 5.84. The van der Waals surface area contributed by atoms with Gasteiger partial charge in [0.05, 0.1) is 0 Å². The van der Waals surface area contributed by atoms with Gasteiger partial charge in [-0.15, -0.1) is 0 Å². The number of allylic oxidation sites excluding steroid dienone is 2. The molecule has 2 heteroatoms. The molecule has 0 heterocycles. The number of aliphatic hydroxyl groups is 1. The Bertz CT molecular complexity index is 302. The molecule has 92 valence electrons. The van der Waals surface area contributed by atoms with Crippen LogP contribution in [0.3, 0.4) is 0 Å². The van der Waals surface area contributed by atoms with Crippen molar-refractivity contribution >= 4 is 5.78 Å². The number of rotatable bonds is 4. The molecule has 0 saturated heterocycles. The van der Waals surface area contributed by atoms with Crippen molar-refractivity contribution in [3.8, 4) is 0 Å². The average molecular weight is 224 g/mol. The molecule has 0 bridgehead atoms. The predicted octanol–water partition coefficient (Wildman–Crippen LogP) is 3.10. The van der Waals surface area contributed by atoms with E-state index in [2.05, 4.69) is 26.8 Å². The molecule has 0 aromatic rings. The van der Waals surface area contributed by atoms with E-state index in [0.717, 1.165) is 25.7 Å². The lowest BCUT2D eigenvalue weighted by molar-refractivity contribution is -0.126. The summed E-state index contributed by atoms with van der Waals surface area (Å²) in [4.78, 5) is 11.7. The lowest BCUT2D eigenvalue weighted by Crippen LogP contribution is -2.32. The van der Waals surface area contributed by atoms with Gasteiger partial charge in [-0.1, -0.05) is 32.4 Å². The normalized spacial score (nSPS) is 26.4. The highest BCUT2D eigenvalue weighted by Gasteiger charge is 2.36. The van der Waals surface area contributed by atoms with Crippen LogP contribution in [0, 0.1) is 10.8 Å². The molecule has 2 nitrogen and oxygen atoms in total. The van der Waals surface area contributed by atoms with Crippen molar-refractivity contribution in [1.29, 1.82) is 0 Å². The molecule has 0 radical (unpaired) electrons. The van der Waals surface area contributed by atoms with E-state index in [9.17, 15) is 4.79 Å². The van der Waals surface area contributed by atoms with Crippen molar-refractivity contribution in [3.05, 3.63) is 11.6 Å². The standard InChI is InChI=1S/C14H24O2/c1-11(16)14(4)7-5-6-12(10-14)13(2,3)8-9-15/h6,15H,5,7-10H2,1-4H3. The number of Topliss-reactive ketones (excluding diaryl/α,β-unsaturated/α-hetero) is 1. The molecule has 1 rings (SSSR count). The van der Waals surface area contributed by atoms with Crippen molar-refractivity contribution in [2.75, 3.05) is 6.61 Å². The number of carbonyl (C=O) groups excluding carboxylic acids is 1. The summed E-state index contributed by atoms with van der Waals surface area (Å²) < 4.78 is 0. The highest BCUT2D eigenvalue weighted by molar-refractivity contribution is 5.82. The van der Waals surface area contributed by atoms with Gasteiger partial charge in [0.1, 0.15) is 5.78 Å². The first kappa shape index (κ1) is 13.4. The van der Waals surface area contributed by atoms with Crippen molar-refractivity contribution < 1.29 is 9.90 Å². The molecule has 1 aliphatic rings. The van der Waals surface area contributed by atoms with Gasteiger partial charge in [0.2, 0.25) is 0 Å². The van der Waals surface area contributed by atoms with Crippen molar-refractivity contribution in [1.82, 2.24) is 0 Å². The highest BCUT2D eigenvalue weighted by Crippen LogP contribution is 2.44. The lowest BCUT2D eigenvalue weighted by Gasteiger charge is -2.38. The SMILES string of the molecule is CC(=O)C1(C)CCC=C(C(C)(C)CCO)C1. The van der Waals surface area contributed by atoms with Crippen molar-refractivity contribution in [3.63, 3.8) is 0 Å². The third kappa shape index (κ3) is 2.73. The maximum Gasteiger partial charge on any atom is 0.136 e. The maximum atomic E-state index is 11.7. The van der Waals surface area contributed by atoms with Crippen LogP contribution in [-0.2, 0) is 4.79 Å². The van der Waals surface area contributed by atoms with Gasteiger partial charge in [-0.3, -0.25) is 4.79 Å². The van der Waals surface area contributed by atoms with Gasteiger partial charge in [-0.05, 0) is 38.0 Å². The molecule has 0 spiro atoms. The van der Waals surface area contributed by atoms with E-state index in [1.165, 1.54) is 5.57 Å². The van der Waals surface area contributed by atoms with Gasteiger partial charge in [-0.2, -0.15) is 0 Å². The van der Waals surface area contributed by atoms with Crippen LogP contribution >= 0.6 is 0 Å². The Morgan fingerprint density at radius 2 is 2.19 bits per heavy atom. The first-order chi connectivity index (χ1) is 7.32. The molecular formula is C14H24O2. The molecule has 1 N–H and O–H groups in total. The molecule has 0 aliphatic heterocycles. The van der Waals surface area contributed by atoms with Crippen LogP contribution in [0.15, 0.2) is 11.6 Å². The monoisotopic (exact) mass is 224 g/mol. The Morgan fingerprint density at radius 3 is 2.69 bits per heavy atom. The fourth-order valence-electron chi connectivity index (χ4n) is 2.40. The highest BCUT2D eigenvalue weighted by atomic mass is 16.3. The minimum atomic E-state index is -0.184. The summed E-state index contributed by atoms with van der Waals surface area (Å²) in [6.45, 7) is 8.28. The van der Waals surface area contributed by atoms with Gasteiger partial charge >= 0.3 is 0 Å². The summed E-state index contributed by atoms with van der Waals surface area (Å²) in [6, 6.07) is 0.